The molecule has 1 aliphatic rings. The maximum absolute atomic E-state index is 12.4. The fraction of sp³-hybridized carbons (Fsp3) is 0.609. The van der Waals surface area contributed by atoms with Crippen molar-refractivity contribution < 1.29 is 14.3 Å². The van der Waals surface area contributed by atoms with Crippen LogP contribution < -0.4 is 16.0 Å². The molecule has 1 aromatic rings. The third-order valence-electron chi connectivity index (χ3n) is 4.74. The van der Waals surface area contributed by atoms with Gasteiger partial charge in [0.25, 0.3) is 0 Å². The Hall–Kier alpha value is -2.77. The van der Waals surface area contributed by atoms with Crippen LogP contribution in [0.15, 0.2) is 29.3 Å². The molecule has 1 aliphatic heterocycles. The molecule has 0 fully saturated rings. The van der Waals surface area contributed by atoms with Crippen molar-refractivity contribution in [1.82, 2.24) is 15.5 Å². The molecule has 31 heavy (non-hydrogen) atoms. The van der Waals surface area contributed by atoms with Crippen molar-refractivity contribution in [2.24, 2.45) is 4.99 Å². The lowest BCUT2D eigenvalue weighted by Gasteiger charge is -2.27. The van der Waals surface area contributed by atoms with Gasteiger partial charge in [-0.2, -0.15) is 0 Å². The molecule has 8 nitrogen and oxygen atoms in total. The van der Waals surface area contributed by atoms with Crippen LogP contribution in [0, 0.1) is 0 Å². The van der Waals surface area contributed by atoms with Gasteiger partial charge < -0.3 is 25.6 Å². The van der Waals surface area contributed by atoms with Gasteiger partial charge in [-0.3, -0.25) is 9.79 Å². The van der Waals surface area contributed by atoms with Crippen molar-refractivity contribution >= 4 is 23.6 Å². The zero-order valence-electron chi connectivity index (χ0n) is 19.5. The van der Waals surface area contributed by atoms with Crippen molar-refractivity contribution in [3.63, 3.8) is 0 Å². The lowest BCUT2D eigenvalue weighted by Crippen LogP contribution is -2.44. The molecule has 172 valence electrons. The molecule has 0 saturated heterocycles. The summed E-state index contributed by atoms with van der Waals surface area (Å²) >= 11 is 0. The van der Waals surface area contributed by atoms with E-state index in [2.05, 4.69) is 16.0 Å². The minimum absolute atomic E-state index is 0.0180. The number of fused-ring (bicyclic) bond motifs is 1. The van der Waals surface area contributed by atoms with Crippen LogP contribution in [0.5, 0.6) is 0 Å². The van der Waals surface area contributed by atoms with Crippen LogP contribution in [0.1, 0.15) is 58.9 Å². The summed E-state index contributed by atoms with van der Waals surface area (Å²) in [7, 11) is 0. The number of benzene rings is 1. The first kappa shape index (κ1) is 24.5. The van der Waals surface area contributed by atoms with Crippen molar-refractivity contribution in [2.45, 2.75) is 59.0 Å². The van der Waals surface area contributed by atoms with Crippen molar-refractivity contribution in [2.75, 3.05) is 38.0 Å². The summed E-state index contributed by atoms with van der Waals surface area (Å²) in [5.74, 6) is 0.731. The normalized spacial score (nSPS) is 16.2. The number of anilines is 1. The van der Waals surface area contributed by atoms with Gasteiger partial charge >= 0.3 is 6.09 Å². The van der Waals surface area contributed by atoms with Crippen molar-refractivity contribution in [3.05, 3.63) is 29.8 Å². The van der Waals surface area contributed by atoms with Gasteiger partial charge in [0.15, 0.2) is 5.96 Å². The van der Waals surface area contributed by atoms with Gasteiger partial charge in [-0.05, 0) is 45.7 Å². The summed E-state index contributed by atoms with van der Waals surface area (Å²) in [5.41, 5.74) is 1.46. The van der Waals surface area contributed by atoms with Gasteiger partial charge in [0.2, 0.25) is 5.91 Å². The average Bonchev–Trinajstić information content (AvgIpc) is 2.69. The highest BCUT2D eigenvalue weighted by Gasteiger charge is 2.25. The monoisotopic (exact) mass is 431 g/mol. The van der Waals surface area contributed by atoms with Gasteiger partial charge in [0.1, 0.15) is 5.60 Å². The molecular formula is C23H37N5O3. The number of nitrogens with one attached hydrogen (secondary N) is 3. The molecule has 1 atom stereocenters. The molecule has 1 aromatic carbocycles. The van der Waals surface area contributed by atoms with E-state index in [1.807, 2.05) is 58.9 Å². The number of aliphatic imine (C=N–C) groups is 1. The van der Waals surface area contributed by atoms with Gasteiger partial charge in [0, 0.05) is 44.2 Å². The average molecular weight is 432 g/mol. The Bertz CT molecular complexity index is 773. The largest absolute Gasteiger partial charge is 0.444 e. The summed E-state index contributed by atoms with van der Waals surface area (Å²) in [6.45, 7) is 12.6. The molecule has 2 rings (SSSR count). The molecule has 0 radical (unpaired) electrons. The number of para-hydroxylation sites is 1. The highest BCUT2D eigenvalue weighted by Crippen LogP contribution is 2.31. The minimum Gasteiger partial charge on any atom is -0.444 e. The second-order valence-electron chi connectivity index (χ2n) is 8.65. The molecule has 2 amide bonds. The van der Waals surface area contributed by atoms with E-state index in [1.165, 1.54) is 0 Å². The van der Waals surface area contributed by atoms with Crippen molar-refractivity contribution in [3.8, 4) is 0 Å². The van der Waals surface area contributed by atoms with Gasteiger partial charge in [-0.25, -0.2) is 4.79 Å². The molecule has 0 aliphatic carbocycles. The maximum atomic E-state index is 12.4. The molecule has 0 aromatic heterocycles. The number of carbonyl (C=O) groups is 2. The number of hydrogen-bond donors (Lipinski definition) is 3. The van der Waals surface area contributed by atoms with E-state index in [0.717, 1.165) is 24.2 Å². The number of carbonyl (C=O) groups excluding carboxylic acids is 2. The van der Waals surface area contributed by atoms with E-state index in [1.54, 1.807) is 4.90 Å². The zero-order chi connectivity index (χ0) is 22.9. The number of ether oxygens (including phenoxy) is 1. The minimum atomic E-state index is -0.518. The smallest absolute Gasteiger partial charge is 0.410 e. The topological polar surface area (TPSA) is 95.1 Å². The number of nitrogens with zero attached hydrogens (tertiary/aromatic N) is 2. The van der Waals surface area contributed by atoms with Crippen molar-refractivity contribution in [1.29, 1.82) is 0 Å². The third-order valence-corrected chi connectivity index (χ3v) is 4.74. The predicted octanol–water partition coefficient (Wildman–Crippen LogP) is 3.31. The Kier molecular flexibility index (Phi) is 9.15. The second-order valence-corrected chi connectivity index (χ2v) is 8.65. The van der Waals surface area contributed by atoms with E-state index in [4.69, 9.17) is 9.73 Å². The van der Waals surface area contributed by atoms with E-state index < -0.39 is 5.60 Å². The Labute approximate surface area is 185 Å². The SMILES string of the molecule is CCCN(CCNC(=NCC1CC(=O)Nc2ccccc21)NCC)C(=O)OC(C)(C)C. The van der Waals surface area contributed by atoms with Crippen LogP contribution in [0.4, 0.5) is 10.5 Å². The molecule has 3 N–H and O–H groups in total. The molecule has 1 heterocycles. The lowest BCUT2D eigenvalue weighted by atomic mass is 9.91. The first-order valence-corrected chi connectivity index (χ1v) is 11.1. The fourth-order valence-electron chi connectivity index (χ4n) is 3.41. The number of hydrogen-bond acceptors (Lipinski definition) is 4. The summed E-state index contributed by atoms with van der Waals surface area (Å²) in [4.78, 5) is 30.9. The summed E-state index contributed by atoms with van der Waals surface area (Å²) in [6, 6.07) is 7.86. The lowest BCUT2D eigenvalue weighted by molar-refractivity contribution is -0.116. The Morgan fingerprint density at radius 3 is 2.65 bits per heavy atom. The molecular weight excluding hydrogens is 394 g/mol. The number of guanidine groups is 1. The molecule has 0 saturated carbocycles. The van der Waals surface area contributed by atoms with Gasteiger partial charge in [-0.1, -0.05) is 25.1 Å². The predicted molar refractivity (Wildman–Crippen MR) is 125 cm³/mol. The highest BCUT2D eigenvalue weighted by molar-refractivity contribution is 5.94. The van der Waals surface area contributed by atoms with Crippen LogP contribution in [0.25, 0.3) is 0 Å². The first-order valence-electron chi connectivity index (χ1n) is 11.1. The zero-order valence-corrected chi connectivity index (χ0v) is 19.5. The number of rotatable bonds is 8. The summed E-state index contributed by atoms with van der Waals surface area (Å²) in [6.07, 6.45) is 0.974. The maximum Gasteiger partial charge on any atom is 0.410 e. The van der Waals surface area contributed by atoms with E-state index in [-0.39, 0.29) is 17.9 Å². The Morgan fingerprint density at radius 1 is 1.23 bits per heavy atom. The van der Waals surface area contributed by atoms with E-state index in [0.29, 0.717) is 38.6 Å². The Morgan fingerprint density at radius 2 is 1.97 bits per heavy atom. The van der Waals surface area contributed by atoms with Crippen LogP contribution >= 0.6 is 0 Å². The van der Waals surface area contributed by atoms with Gasteiger partial charge in [-0.15, -0.1) is 0 Å². The van der Waals surface area contributed by atoms with E-state index >= 15 is 0 Å². The van der Waals surface area contributed by atoms with Gasteiger partial charge in [0.05, 0.1) is 6.54 Å². The standard InChI is InChI=1S/C23H37N5O3/c1-6-13-28(22(30)31-23(3,4)5)14-12-25-21(24-7-2)26-16-17-15-20(29)27-19-11-9-8-10-18(17)19/h8-11,17H,6-7,12-16H2,1-5H3,(H,27,29)(H2,24,25,26). The van der Waals surface area contributed by atoms with Crippen LogP contribution in [-0.4, -0.2) is 61.2 Å². The van der Waals surface area contributed by atoms with E-state index in [9.17, 15) is 9.59 Å². The third kappa shape index (κ3) is 8.11. The molecule has 8 heteroatoms. The number of amides is 2. The van der Waals surface area contributed by atoms with Crippen LogP contribution in [0.3, 0.4) is 0 Å². The summed E-state index contributed by atoms with van der Waals surface area (Å²) in [5, 5.41) is 9.45. The molecule has 1 unspecified atom stereocenters. The molecule has 0 spiro atoms. The first-order chi connectivity index (χ1) is 14.7. The highest BCUT2D eigenvalue weighted by atomic mass is 16.6. The Balaban J connectivity index is 1.97. The fourth-order valence-corrected chi connectivity index (χ4v) is 3.41. The molecule has 0 bridgehead atoms. The summed E-state index contributed by atoms with van der Waals surface area (Å²) < 4.78 is 5.50. The second kappa shape index (κ2) is 11.6. The van der Waals surface area contributed by atoms with Crippen LogP contribution in [-0.2, 0) is 9.53 Å². The quantitative estimate of drug-likeness (QED) is 0.434. The van der Waals surface area contributed by atoms with Crippen LogP contribution in [0.2, 0.25) is 0 Å².